The van der Waals surface area contributed by atoms with Gasteiger partial charge in [0.25, 0.3) is 5.91 Å². The second-order valence-electron chi connectivity index (χ2n) is 8.09. The molecule has 27 heavy (non-hydrogen) atoms. The van der Waals surface area contributed by atoms with Crippen LogP contribution in [0.1, 0.15) is 56.0 Å². The Morgan fingerprint density at radius 1 is 1.33 bits per heavy atom. The number of aromatic nitrogens is 3. The molecule has 1 saturated heterocycles. The van der Waals surface area contributed by atoms with Crippen molar-refractivity contribution < 1.29 is 9.21 Å². The molecule has 0 radical (unpaired) electrons. The van der Waals surface area contributed by atoms with Crippen LogP contribution in [-0.2, 0) is 5.41 Å². The zero-order valence-electron chi connectivity index (χ0n) is 16.0. The Hall–Kier alpha value is -2.67. The molecule has 2 aromatic heterocycles. The number of fused-ring (bicyclic) bond motifs is 1. The van der Waals surface area contributed by atoms with Gasteiger partial charge in [0.1, 0.15) is 5.52 Å². The third kappa shape index (κ3) is 3.73. The number of carbonyl (C=O) groups is 1. The number of rotatable bonds is 3. The number of nitrogens with zero attached hydrogens (tertiary/aromatic N) is 3. The number of benzene rings is 1. The molecule has 0 spiro atoms. The zero-order valence-corrected chi connectivity index (χ0v) is 16.0. The Kier molecular flexibility index (Phi) is 4.47. The van der Waals surface area contributed by atoms with E-state index in [1.54, 1.807) is 6.07 Å². The molecular weight excluding hydrogens is 342 g/mol. The Morgan fingerprint density at radius 3 is 2.93 bits per heavy atom. The van der Waals surface area contributed by atoms with Gasteiger partial charge in [0, 0.05) is 23.8 Å². The van der Waals surface area contributed by atoms with E-state index in [9.17, 15) is 4.79 Å². The SMILES string of the molecule is CC(C)(C)c1nc2cc(NC(=O)c3ccn(C4CCCNC4)n3)ccc2o1. The van der Waals surface area contributed by atoms with E-state index in [4.69, 9.17) is 4.42 Å². The van der Waals surface area contributed by atoms with E-state index in [0.29, 0.717) is 28.9 Å². The van der Waals surface area contributed by atoms with Crippen LogP contribution in [0, 0.1) is 0 Å². The Morgan fingerprint density at radius 2 is 2.19 bits per heavy atom. The minimum atomic E-state index is -0.226. The van der Waals surface area contributed by atoms with Crippen molar-refractivity contribution in [3.63, 3.8) is 0 Å². The third-order valence-corrected chi connectivity index (χ3v) is 4.77. The summed E-state index contributed by atoms with van der Waals surface area (Å²) in [5, 5.41) is 10.7. The van der Waals surface area contributed by atoms with Crippen LogP contribution in [0.4, 0.5) is 5.69 Å². The summed E-state index contributed by atoms with van der Waals surface area (Å²) < 4.78 is 7.69. The van der Waals surface area contributed by atoms with E-state index >= 15 is 0 Å². The van der Waals surface area contributed by atoms with E-state index in [0.717, 1.165) is 31.4 Å². The van der Waals surface area contributed by atoms with E-state index < -0.39 is 0 Å². The van der Waals surface area contributed by atoms with Crippen molar-refractivity contribution in [2.45, 2.75) is 45.1 Å². The van der Waals surface area contributed by atoms with Gasteiger partial charge < -0.3 is 15.1 Å². The van der Waals surface area contributed by atoms with Gasteiger partial charge in [-0.1, -0.05) is 20.8 Å². The average molecular weight is 367 g/mol. The van der Waals surface area contributed by atoms with Gasteiger partial charge in [0.05, 0.1) is 6.04 Å². The van der Waals surface area contributed by atoms with Crippen LogP contribution in [0.15, 0.2) is 34.9 Å². The van der Waals surface area contributed by atoms with Crippen molar-refractivity contribution >= 4 is 22.7 Å². The number of oxazole rings is 1. The lowest BCUT2D eigenvalue weighted by molar-refractivity contribution is 0.102. The molecule has 1 unspecified atom stereocenters. The summed E-state index contributed by atoms with van der Waals surface area (Å²) >= 11 is 0. The quantitative estimate of drug-likeness (QED) is 0.740. The van der Waals surface area contributed by atoms with Crippen LogP contribution >= 0.6 is 0 Å². The maximum atomic E-state index is 12.6. The van der Waals surface area contributed by atoms with Crippen LogP contribution in [0.25, 0.3) is 11.1 Å². The lowest BCUT2D eigenvalue weighted by atomic mass is 9.97. The number of hydrogen-bond donors (Lipinski definition) is 2. The third-order valence-electron chi connectivity index (χ3n) is 4.77. The molecule has 1 aliphatic heterocycles. The smallest absolute Gasteiger partial charge is 0.276 e. The summed E-state index contributed by atoms with van der Waals surface area (Å²) in [6.07, 6.45) is 4.08. The van der Waals surface area contributed by atoms with Crippen molar-refractivity contribution in [2.24, 2.45) is 0 Å². The molecule has 0 bridgehead atoms. The fraction of sp³-hybridized carbons (Fsp3) is 0.450. The first-order valence-electron chi connectivity index (χ1n) is 9.38. The number of anilines is 1. The largest absolute Gasteiger partial charge is 0.440 e. The average Bonchev–Trinajstić information content (AvgIpc) is 3.29. The lowest BCUT2D eigenvalue weighted by Gasteiger charge is -2.22. The van der Waals surface area contributed by atoms with Gasteiger partial charge in [-0.2, -0.15) is 5.10 Å². The Balaban J connectivity index is 1.50. The van der Waals surface area contributed by atoms with Crippen LogP contribution in [0.5, 0.6) is 0 Å². The van der Waals surface area contributed by atoms with Crippen molar-refractivity contribution in [1.29, 1.82) is 0 Å². The monoisotopic (exact) mass is 367 g/mol. The summed E-state index contributed by atoms with van der Waals surface area (Å²) in [5.74, 6) is 0.456. The van der Waals surface area contributed by atoms with Gasteiger partial charge in [0.2, 0.25) is 5.89 Å². The topological polar surface area (TPSA) is 85.0 Å². The number of carbonyl (C=O) groups excluding carboxylic acids is 1. The first-order valence-corrected chi connectivity index (χ1v) is 9.38. The summed E-state index contributed by atoms with van der Waals surface area (Å²) in [5.41, 5.74) is 2.37. The number of piperidine rings is 1. The van der Waals surface area contributed by atoms with Gasteiger partial charge in [-0.15, -0.1) is 0 Å². The fourth-order valence-electron chi connectivity index (χ4n) is 3.24. The maximum Gasteiger partial charge on any atom is 0.276 e. The van der Waals surface area contributed by atoms with E-state index in [2.05, 4.69) is 41.5 Å². The number of amides is 1. The summed E-state index contributed by atoms with van der Waals surface area (Å²) in [4.78, 5) is 17.1. The minimum absolute atomic E-state index is 0.163. The van der Waals surface area contributed by atoms with Gasteiger partial charge in [0.15, 0.2) is 11.3 Å². The van der Waals surface area contributed by atoms with Crippen molar-refractivity contribution in [2.75, 3.05) is 18.4 Å². The molecule has 3 heterocycles. The highest BCUT2D eigenvalue weighted by molar-refractivity contribution is 6.03. The summed E-state index contributed by atoms with van der Waals surface area (Å²) in [6.45, 7) is 8.10. The highest BCUT2D eigenvalue weighted by atomic mass is 16.3. The molecule has 1 fully saturated rings. The van der Waals surface area contributed by atoms with Crippen molar-refractivity contribution in [3.05, 3.63) is 42.0 Å². The molecule has 0 saturated carbocycles. The number of nitrogens with one attached hydrogen (secondary N) is 2. The second kappa shape index (κ2) is 6.81. The standard InChI is InChI=1S/C20H25N5O2/c1-20(2,3)19-23-16-11-13(6-7-17(16)27-19)22-18(26)15-8-10-25(24-15)14-5-4-9-21-12-14/h6-8,10-11,14,21H,4-5,9,12H2,1-3H3,(H,22,26). The molecule has 1 atom stereocenters. The molecule has 2 N–H and O–H groups in total. The van der Waals surface area contributed by atoms with E-state index in [1.165, 1.54) is 0 Å². The highest BCUT2D eigenvalue weighted by Crippen LogP contribution is 2.27. The van der Waals surface area contributed by atoms with E-state index in [-0.39, 0.29) is 11.3 Å². The molecule has 1 aromatic carbocycles. The molecule has 3 aromatic rings. The maximum absolute atomic E-state index is 12.6. The van der Waals surface area contributed by atoms with Crippen LogP contribution < -0.4 is 10.6 Å². The summed E-state index contributed by atoms with van der Waals surface area (Å²) in [7, 11) is 0. The molecule has 7 heteroatoms. The van der Waals surface area contributed by atoms with Gasteiger partial charge in [-0.05, 0) is 43.7 Å². The zero-order chi connectivity index (χ0) is 19.0. The predicted molar refractivity (Wildman–Crippen MR) is 104 cm³/mol. The Labute approximate surface area is 158 Å². The first kappa shape index (κ1) is 17.7. The molecule has 7 nitrogen and oxygen atoms in total. The van der Waals surface area contributed by atoms with Crippen molar-refractivity contribution in [3.8, 4) is 0 Å². The normalized spacial score (nSPS) is 18.0. The fourth-order valence-corrected chi connectivity index (χ4v) is 3.24. The highest BCUT2D eigenvalue weighted by Gasteiger charge is 2.21. The number of hydrogen-bond acceptors (Lipinski definition) is 5. The Bertz CT molecular complexity index is 960. The molecule has 142 valence electrons. The first-order chi connectivity index (χ1) is 12.9. The van der Waals surface area contributed by atoms with Gasteiger partial charge in [-0.25, -0.2) is 4.98 Å². The molecular formula is C20H25N5O2. The van der Waals surface area contributed by atoms with Gasteiger partial charge in [-0.3, -0.25) is 9.48 Å². The minimum Gasteiger partial charge on any atom is -0.440 e. The van der Waals surface area contributed by atoms with Crippen molar-refractivity contribution in [1.82, 2.24) is 20.1 Å². The van der Waals surface area contributed by atoms with Crippen LogP contribution in [0.3, 0.4) is 0 Å². The second-order valence-corrected chi connectivity index (χ2v) is 8.09. The summed E-state index contributed by atoms with van der Waals surface area (Å²) in [6, 6.07) is 7.55. The van der Waals surface area contributed by atoms with Gasteiger partial charge >= 0.3 is 0 Å². The van der Waals surface area contributed by atoms with Crippen LogP contribution in [0.2, 0.25) is 0 Å². The molecule has 0 aliphatic carbocycles. The van der Waals surface area contributed by atoms with E-state index in [1.807, 2.05) is 29.1 Å². The molecule has 4 rings (SSSR count). The molecule has 1 amide bonds. The lowest BCUT2D eigenvalue weighted by Crippen LogP contribution is -2.32. The predicted octanol–water partition coefficient (Wildman–Crippen LogP) is 3.50. The van der Waals surface area contributed by atoms with Crippen LogP contribution in [-0.4, -0.2) is 33.8 Å². The molecule has 1 aliphatic rings.